The summed E-state index contributed by atoms with van der Waals surface area (Å²) < 4.78 is 23.5. The van der Waals surface area contributed by atoms with Gasteiger partial charge in [0, 0.05) is 18.7 Å². The van der Waals surface area contributed by atoms with E-state index in [0.29, 0.717) is 17.1 Å². The van der Waals surface area contributed by atoms with Gasteiger partial charge in [0.2, 0.25) is 5.91 Å². The van der Waals surface area contributed by atoms with Gasteiger partial charge in [0.25, 0.3) is 5.91 Å². The van der Waals surface area contributed by atoms with E-state index in [2.05, 4.69) is 5.32 Å². The third-order valence-corrected chi connectivity index (χ3v) is 4.61. The number of hydrogen-bond acceptors (Lipinski definition) is 5. The van der Waals surface area contributed by atoms with Gasteiger partial charge in [-0.25, -0.2) is 4.39 Å². The minimum atomic E-state index is -1.07. The minimum absolute atomic E-state index is 0.0107. The summed E-state index contributed by atoms with van der Waals surface area (Å²) in [6, 6.07) is 12.3. The summed E-state index contributed by atoms with van der Waals surface area (Å²) >= 11 is 0. The second-order valence-corrected chi connectivity index (χ2v) is 6.65. The Kier molecular flexibility index (Phi) is 6.11. The van der Waals surface area contributed by atoms with Crippen LogP contribution in [-0.4, -0.2) is 37.5 Å². The predicted molar refractivity (Wildman–Crippen MR) is 104 cm³/mol. The summed E-state index contributed by atoms with van der Waals surface area (Å²) in [6.07, 6.45) is -1.08. The van der Waals surface area contributed by atoms with E-state index >= 15 is 0 Å². The topological polar surface area (TPSA) is 84.9 Å². The number of rotatable bonds is 6. The smallest absolute Gasteiger partial charge is 0.312 e. The molecule has 29 heavy (non-hydrogen) atoms. The van der Waals surface area contributed by atoms with Crippen LogP contribution < -0.4 is 15.0 Å². The van der Waals surface area contributed by atoms with Gasteiger partial charge in [0.15, 0.2) is 6.10 Å². The Balaban J connectivity index is 1.60. The molecule has 7 nitrogen and oxygen atoms in total. The second kappa shape index (κ2) is 8.72. The molecule has 0 aromatic heterocycles. The first-order valence-electron chi connectivity index (χ1n) is 9.09. The van der Waals surface area contributed by atoms with Crippen LogP contribution in [-0.2, 0) is 19.1 Å². The maximum absolute atomic E-state index is 12.9. The van der Waals surface area contributed by atoms with Gasteiger partial charge in [-0.1, -0.05) is 12.1 Å². The molecule has 1 aliphatic heterocycles. The lowest BCUT2D eigenvalue weighted by Gasteiger charge is -2.20. The van der Waals surface area contributed by atoms with Gasteiger partial charge in [0.1, 0.15) is 11.6 Å². The second-order valence-electron chi connectivity index (χ2n) is 6.65. The molecule has 1 saturated heterocycles. The van der Waals surface area contributed by atoms with Gasteiger partial charge >= 0.3 is 5.97 Å². The third-order valence-electron chi connectivity index (χ3n) is 4.61. The summed E-state index contributed by atoms with van der Waals surface area (Å²) in [4.78, 5) is 38.6. The van der Waals surface area contributed by atoms with Crippen LogP contribution in [0.3, 0.4) is 0 Å². The van der Waals surface area contributed by atoms with Gasteiger partial charge in [-0.3, -0.25) is 14.4 Å². The van der Waals surface area contributed by atoms with Crippen molar-refractivity contribution in [2.45, 2.75) is 19.4 Å². The summed E-state index contributed by atoms with van der Waals surface area (Å²) in [5.41, 5.74) is 0.968. The number of hydrogen-bond donors (Lipinski definition) is 1. The Bertz CT molecular complexity index is 916. The number of para-hydroxylation sites is 2. The molecule has 2 atom stereocenters. The number of ether oxygens (including phenoxy) is 2. The van der Waals surface area contributed by atoms with E-state index in [1.165, 1.54) is 43.2 Å². The molecule has 1 heterocycles. The zero-order chi connectivity index (χ0) is 21.0. The molecule has 0 aliphatic carbocycles. The monoisotopic (exact) mass is 400 g/mol. The largest absolute Gasteiger partial charge is 0.495 e. The standard InChI is InChI=1S/C21H21FN2O5/c1-13(20(26)23-16-9-7-15(22)8-10-16)29-21(27)14-11-19(25)24(12-14)17-5-3-4-6-18(17)28-2/h3-10,13-14H,11-12H2,1-2H3,(H,23,26). The van der Waals surface area contributed by atoms with E-state index in [4.69, 9.17) is 9.47 Å². The van der Waals surface area contributed by atoms with Crippen molar-refractivity contribution >= 4 is 29.2 Å². The Morgan fingerprint density at radius 2 is 1.86 bits per heavy atom. The molecule has 1 aliphatic rings. The first kappa shape index (κ1) is 20.3. The van der Waals surface area contributed by atoms with Crippen molar-refractivity contribution < 1.29 is 28.2 Å². The van der Waals surface area contributed by atoms with Gasteiger partial charge < -0.3 is 19.7 Å². The molecule has 2 aromatic carbocycles. The van der Waals surface area contributed by atoms with Crippen molar-refractivity contribution in [3.05, 3.63) is 54.3 Å². The number of halogens is 1. The maximum Gasteiger partial charge on any atom is 0.312 e. The molecule has 8 heteroatoms. The molecule has 2 unspecified atom stereocenters. The van der Waals surface area contributed by atoms with Crippen LogP contribution >= 0.6 is 0 Å². The molecule has 2 aromatic rings. The molecule has 0 saturated carbocycles. The predicted octanol–water partition coefficient (Wildman–Crippen LogP) is 2.76. The van der Waals surface area contributed by atoms with E-state index in [9.17, 15) is 18.8 Å². The van der Waals surface area contributed by atoms with E-state index in [1.54, 1.807) is 24.3 Å². The number of carbonyl (C=O) groups excluding carboxylic acids is 3. The van der Waals surface area contributed by atoms with Crippen molar-refractivity contribution in [3.8, 4) is 5.75 Å². The summed E-state index contributed by atoms with van der Waals surface area (Å²) in [7, 11) is 1.51. The van der Waals surface area contributed by atoms with E-state index in [0.717, 1.165) is 0 Å². The van der Waals surface area contributed by atoms with Gasteiger partial charge in [0.05, 0.1) is 18.7 Å². The van der Waals surface area contributed by atoms with Crippen LogP contribution in [0, 0.1) is 11.7 Å². The van der Waals surface area contributed by atoms with Crippen molar-refractivity contribution in [3.63, 3.8) is 0 Å². The number of esters is 1. The molecule has 3 rings (SSSR count). The van der Waals surface area contributed by atoms with Crippen LogP contribution in [0.25, 0.3) is 0 Å². The van der Waals surface area contributed by atoms with E-state index in [-0.39, 0.29) is 18.9 Å². The molecule has 1 N–H and O–H groups in total. The Labute approximate surface area is 167 Å². The van der Waals surface area contributed by atoms with Gasteiger partial charge in [-0.2, -0.15) is 0 Å². The molecule has 152 valence electrons. The number of nitrogens with one attached hydrogen (secondary N) is 1. The fraction of sp³-hybridized carbons (Fsp3) is 0.286. The fourth-order valence-corrected chi connectivity index (χ4v) is 3.05. The highest BCUT2D eigenvalue weighted by Gasteiger charge is 2.38. The quantitative estimate of drug-likeness (QED) is 0.754. The Morgan fingerprint density at radius 3 is 2.55 bits per heavy atom. The van der Waals surface area contributed by atoms with Crippen LogP contribution in [0.5, 0.6) is 5.75 Å². The summed E-state index contributed by atoms with van der Waals surface area (Å²) in [5.74, 6) is -1.98. The zero-order valence-electron chi connectivity index (χ0n) is 16.1. The highest BCUT2D eigenvalue weighted by atomic mass is 19.1. The summed E-state index contributed by atoms with van der Waals surface area (Å²) in [6.45, 7) is 1.58. The van der Waals surface area contributed by atoms with E-state index in [1.807, 2.05) is 0 Å². The Hall–Kier alpha value is -3.42. The normalized spacial score (nSPS) is 17.0. The molecule has 0 bridgehead atoms. The fourth-order valence-electron chi connectivity index (χ4n) is 3.05. The highest BCUT2D eigenvalue weighted by molar-refractivity contribution is 6.01. The van der Waals surface area contributed by atoms with Crippen molar-refractivity contribution in [1.29, 1.82) is 0 Å². The average molecular weight is 400 g/mol. The average Bonchev–Trinajstić information content (AvgIpc) is 3.11. The van der Waals surface area contributed by atoms with E-state index < -0.39 is 29.7 Å². The van der Waals surface area contributed by atoms with Crippen molar-refractivity contribution in [1.82, 2.24) is 0 Å². The SMILES string of the molecule is COc1ccccc1N1CC(C(=O)OC(C)C(=O)Nc2ccc(F)cc2)CC1=O. The molecule has 0 radical (unpaired) electrons. The third kappa shape index (κ3) is 4.71. The number of nitrogens with zero attached hydrogens (tertiary/aromatic N) is 1. The minimum Gasteiger partial charge on any atom is -0.495 e. The summed E-state index contributed by atoms with van der Waals surface area (Å²) in [5, 5.41) is 2.55. The number of methoxy groups -OCH3 is 1. The molecule has 0 spiro atoms. The number of carbonyl (C=O) groups is 3. The van der Waals surface area contributed by atoms with Crippen molar-refractivity contribution in [2.75, 3.05) is 23.9 Å². The first-order valence-corrected chi connectivity index (χ1v) is 9.09. The maximum atomic E-state index is 12.9. The molecular weight excluding hydrogens is 379 g/mol. The molecular formula is C21H21FN2O5. The van der Waals surface area contributed by atoms with Gasteiger partial charge in [-0.15, -0.1) is 0 Å². The lowest BCUT2D eigenvalue weighted by molar-refractivity contribution is -0.157. The number of anilines is 2. The molecule has 1 fully saturated rings. The van der Waals surface area contributed by atoms with Crippen molar-refractivity contribution in [2.24, 2.45) is 5.92 Å². The highest BCUT2D eigenvalue weighted by Crippen LogP contribution is 2.33. The number of benzene rings is 2. The molecule has 2 amide bonds. The first-order chi connectivity index (χ1) is 13.9. The lowest BCUT2D eigenvalue weighted by atomic mass is 10.1. The van der Waals surface area contributed by atoms with Crippen LogP contribution in [0.2, 0.25) is 0 Å². The number of amides is 2. The lowest BCUT2D eigenvalue weighted by Crippen LogP contribution is -2.33. The van der Waals surface area contributed by atoms with Crippen LogP contribution in [0.1, 0.15) is 13.3 Å². The van der Waals surface area contributed by atoms with Crippen LogP contribution in [0.4, 0.5) is 15.8 Å². The Morgan fingerprint density at radius 1 is 1.17 bits per heavy atom. The zero-order valence-corrected chi connectivity index (χ0v) is 16.1. The van der Waals surface area contributed by atoms with Gasteiger partial charge in [-0.05, 0) is 43.3 Å². The van der Waals surface area contributed by atoms with Crippen LogP contribution in [0.15, 0.2) is 48.5 Å².